The third-order valence-electron chi connectivity index (χ3n) is 7.05. The van der Waals surface area contributed by atoms with Gasteiger partial charge in [0.15, 0.2) is 0 Å². The Labute approximate surface area is 150 Å². The molecule has 1 aromatic rings. The minimum Gasteiger partial charge on any atom is -0.264 e. The highest BCUT2D eigenvalue weighted by Crippen LogP contribution is 2.56. The highest BCUT2D eigenvalue weighted by molar-refractivity contribution is 5.28. The molecule has 0 aromatic carbocycles. The molecule has 2 heterocycles. The Hall–Kier alpha value is -1.91. The van der Waals surface area contributed by atoms with Crippen LogP contribution in [0.4, 0.5) is 0 Å². The minimum atomic E-state index is -0.475. The first kappa shape index (κ1) is 16.6. The van der Waals surface area contributed by atoms with Crippen LogP contribution in [0.5, 0.6) is 0 Å². The summed E-state index contributed by atoms with van der Waals surface area (Å²) >= 11 is 0. The zero-order valence-corrected chi connectivity index (χ0v) is 14.8. The summed E-state index contributed by atoms with van der Waals surface area (Å²) in [6.45, 7) is 0.669. The van der Waals surface area contributed by atoms with Gasteiger partial charge in [0.05, 0.1) is 12.1 Å². The highest BCUT2D eigenvalue weighted by Gasteiger charge is 2.61. The molecule has 0 amide bonds. The number of fused-ring (bicyclic) bond motifs is 2. The van der Waals surface area contributed by atoms with Gasteiger partial charge in [-0.2, -0.15) is 10.5 Å². The molecular formula is C21H26N4. The van der Waals surface area contributed by atoms with Gasteiger partial charge in [-0.05, 0) is 55.6 Å². The number of hydrogen-bond acceptors (Lipinski definition) is 4. The van der Waals surface area contributed by atoms with E-state index in [1.165, 1.54) is 12.8 Å². The fourth-order valence-corrected chi connectivity index (χ4v) is 5.86. The summed E-state index contributed by atoms with van der Waals surface area (Å²) < 4.78 is 0. The van der Waals surface area contributed by atoms with Crippen LogP contribution in [-0.4, -0.2) is 21.0 Å². The van der Waals surface area contributed by atoms with Crippen molar-refractivity contribution in [3.63, 3.8) is 0 Å². The maximum Gasteiger partial charge on any atom is 0.113 e. The van der Waals surface area contributed by atoms with E-state index in [-0.39, 0.29) is 0 Å². The van der Waals surface area contributed by atoms with Crippen LogP contribution in [0.15, 0.2) is 24.5 Å². The average Bonchev–Trinajstić information content (AvgIpc) is 2.68. The molecule has 25 heavy (non-hydrogen) atoms. The molecule has 4 nitrogen and oxygen atoms in total. The van der Waals surface area contributed by atoms with E-state index in [2.05, 4.69) is 28.1 Å². The summed E-state index contributed by atoms with van der Waals surface area (Å²) in [5.74, 6) is 0.819. The van der Waals surface area contributed by atoms with Crippen molar-refractivity contribution >= 4 is 0 Å². The second-order valence-electron chi connectivity index (χ2n) is 8.14. The van der Waals surface area contributed by atoms with Crippen molar-refractivity contribution in [2.24, 2.45) is 11.8 Å². The summed E-state index contributed by atoms with van der Waals surface area (Å²) in [7, 11) is 0. The van der Waals surface area contributed by atoms with Crippen LogP contribution in [0, 0.1) is 34.5 Å². The van der Waals surface area contributed by atoms with Crippen LogP contribution in [0.1, 0.15) is 63.4 Å². The molecule has 4 atom stereocenters. The van der Waals surface area contributed by atoms with Crippen LogP contribution in [0.3, 0.4) is 0 Å². The van der Waals surface area contributed by atoms with Crippen molar-refractivity contribution in [1.29, 1.82) is 10.5 Å². The largest absolute Gasteiger partial charge is 0.264 e. The topological polar surface area (TPSA) is 63.7 Å². The van der Waals surface area contributed by atoms with Crippen LogP contribution < -0.4 is 0 Å². The number of pyridine rings is 1. The van der Waals surface area contributed by atoms with Crippen molar-refractivity contribution < 1.29 is 0 Å². The summed E-state index contributed by atoms with van der Waals surface area (Å²) in [5, 5.41) is 20.6. The van der Waals surface area contributed by atoms with Gasteiger partial charge >= 0.3 is 0 Å². The molecule has 0 bridgehead atoms. The smallest absolute Gasteiger partial charge is 0.113 e. The summed E-state index contributed by atoms with van der Waals surface area (Å²) in [6, 6.07) is 9.50. The number of nitrogens with zero attached hydrogens (tertiary/aromatic N) is 4. The van der Waals surface area contributed by atoms with Gasteiger partial charge in [-0.15, -0.1) is 0 Å². The lowest BCUT2D eigenvalue weighted by molar-refractivity contribution is -0.117. The molecule has 1 aliphatic heterocycles. The number of rotatable bonds is 2. The lowest BCUT2D eigenvalue weighted by atomic mass is 9.57. The van der Waals surface area contributed by atoms with Gasteiger partial charge in [0, 0.05) is 18.9 Å². The molecule has 1 saturated heterocycles. The number of likely N-dealkylation sites (tertiary alicyclic amines) is 1. The van der Waals surface area contributed by atoms with Gasteiger partial charge in [0.25, 0.3) is 0 Å². The Bertz CT molecular complexity index is 663. The molecule has 1 aromatic heterocycles. The molecule has 130 valence electrons. The molecule has 0 unspecified atom stereocenters. The SMILES string of the molecule is N#C[C@]12CCCC[C@@H]1C[C@@H]1CCCC[C@@]1(C#N)N2Cc1cccnc1. The Morgan fingerprint density at radius 1 is 1.04 bits per heavy atom. The fourth-order valence-electron chi connectivity index (χ4n) is 5.86. The van der Waals surface area contributed by atoms with E-state index in [4.69, 9.17) is 0 Å². The van der Waals surface area contributed by atoms with E-state index >= 15 is 0 Å². The van der Waals surface area contributed by atoms with Gasteiger partial charge in [-0.1, -0.05) is 31.7 Å². The Kier molecular flexibility index (Phi) is 4.26. The number of hydrogen-bond donors (Lipinski definition) is 0. The van der Waals surface area contributed by atoms with Gasteiger partial charge in [-0.25, -0.2) is 0 Å². The van der Waals surface area contributed by atoms with E-state index in [9.17, 15) is 10.5 Å². The zero-order chi connectivity index (χ0) is 17.3. The molecule has 2 aliphatic carbocycles. The highest BCUT2D eigenvalue weighted by atomic mass is 15.3. The fraction of sp³-hybridized carbons (Fsp3) is 0.667. The normalized spacial score (nSPS) is 38.0. The van der Waals surface area contributed by atoms with Crippen molar-refractivity contribution in [3.05, 3.63) is 30.1 Å². The molecule has 4 rings (SSSR count). The lowest BCUT2D eigenvalue weighted by Crippen LogP contribution is -2.70. The zero-order valence-electron chi connectivity index (χ0n) is 14.8. The molecule has 3 fully saturated rings. The first-order valence-corrected chi connectivity index (χ1v) is 9.74. The maximum absolute atomic E-state index is 10.3. The summed E-state index contributed by atoms with van der Waals surface area (Å²) in [4.78, 5) is 6.60. The Balaban J connectivity index is 1.81. The van der Waals surface area contributed by atoms with Crippen LogP contribution in [0.2, 0.25) is 0 Å². The van der Waals surface area contributed by atoms with Crippen molar-refractivity contribution in [2.45, 2.75) is 75.4 Å². The van der Waals surface area contributed by atoms with E-state index in [1.807, 2.05) is 12.3 Å². The monoisotopic (exact) mass is 334 g/mol. The number of aromatic nitrogens is 1. The minimum absolute atomic E-state index is 0.410. The summed E-state index contributed by atoms with van der Waals surface area (Å²) in [5.41, 5.74) is 0.164. The molecule has 0 spiro atoms. The second-order valence-corrected chi connectivity index (χ2v) is 8.14. The van der Waals surface area contributed by atoms with E-state index in [1.54, 1.807) is 6.20 Å². The first-order valence-electron chi connectivity index (χ1n) is 9.74. The van der Waals surface area contributed by atoms with E-state index in [0.717, 1.165) is 50.5 Å². The second kappa shape index (κ2) is 6.43. The quantitative estimate of drug-likeness (QED) is 0.813. The number of piperidine rings is 1. The lowest BCUT2D eigenvalue weighted by Gasteiger charge is -2.61. The van der Waals surface area contributed by atoms with Gasteiger partial charge < -0.3 is 0 Å². The first-order chi connectivity index (χ1) is 12.2. The predicted molar refractivity (Wildman–Crippen MR) is 95.0 cm³/mol. The Morgan fingerprint density at radius 3 is 2.20 bits per heavy atom. The summed E-state index contributed by atoms with van der Waals surface area (Å²) in [6.07, 6.45) is 13.5. The molecule has 4 heteroatoms. The van der Waals surface area contributed by atoms with Crippen molar-refractivity contribution in [1.82, 2.24) is 9.88 Å². The molecule has 0 N–H and O–H groups in total. The predicted octanol–water partition coefficient (Wildman–Crippen LogP) is 4.19. The van der Waals surface area contributed by atoms with Crippen molar-refractivity contribution in [3.8, 4) is 12.1 Å². The Morgan fingerprint density at radius 2 is 1.68 bits per heavy atom. The van der Waals surface area contributed by atoms with Gasteiger partial charge in [0.1, 0.15) is 11.1 Å². The maximum atomic E-state index is 10.3. The van der Waals surface area contributed by atoms with Crippen LogP contribution in [0.25, 0.3) is 0 Å². The number of nitriles is 2. The van der Waals surface area contributed by atoms with Gasteiger partial charge in [0.2, 0.25) is 0 Å². The van der Waals surface area contributed by atoms with Crippen LogP contribution in [-0.2, 0) is 6.54 Å². The average molecular weight is 334 g/mol. The third kappa shape index (κ3) is 2.47. The standard InChI is InChI=1S/C21H26N4/c22-15-20-9-3-1-7-18(20)12-19-8-2-4-10-21(19,16-23)25(20)14-17-6-5-11-24-13-17/h5-6,11,13,18-19H,1-4,7-10,12,14H2/t18-,19+,20-,21+. The van der Waals surface area contributed by atoms with E-state index < -0.39 is 11.1 Å². The molecule has 3 aliphatic rings. The van der Waals surface area contributed by atoms with Crippen LogP contribution >= 0.6 is 0 Å². The molecule has 2 saturated carbocycles. The van der Waals surface area contributed by atoms with Crippen molar-refractivity contribution in [2.75, 3.05) is 0 Å². The van der Waals surface area contributed by atoms with E-state index in [0.29, 0.717) is 18.4 Å². The molecular weight excluding hydrogens is 308 g/mol. The van der Waals surface area contributed by atoms with Gasteiger partial charge in [-0.3, -0.25) is 9.88 Å². The molecule has 0 radical (unpaired) electrons. The third-order valence-corrected chi connectivity index (χ3v) is 7.05.